The van der Waals surface area contributed by atoms with Gasteiger partial charge in [-0.05, 0) is 38.3 Å². The molecule has 1 aromatic rings. The number of benzene rings is 1. The van der Waals surface area contributed by atoms with Crippen LogP contribution in [0.1, 0.15) is 31.2 Å². The summed E-state index contributed by atoms with van der Waals surface area (Å²) in [6.45, 7) is 0. The first-order valence-corrected chi connectivity index (χ1v) is 7.12. The molecule has 1 unspecified atom stereocenters. The topological polar surface area (TPSA) is 29.5 Å². The fraction of sp³-hybridized carbons (Fsp3) is 0.562. The maximum atomic E-state index is 15.7. The highest BCUT2D eigenvalue weighted by Crippen LogP contribution is 2.56. The van der Waals surface area contributed by atoms with Crippen molar-refractivity contribution in [2.75, 3.05) is 14.2 Å². The molecule has 2 aliphatic rings. The first-order valence-electron chi connectivity index (χ1n) is 7.12. The van der Waals surface area contributed by atoms with E-state index in [4.69, 9.17) is 4.74 Å². The molecule has 2 fully saturated rings. The predicted octanol–water partition coefficient (Wildman–Crippen LogP) is 2.65. The van der Waals surface area contributed by atoms with E-state index in [2.05, 4.69) is 4.90 Å². The number of hydrogen-bond acceptors (Lipinski definition) is 3. The lowest BCUT2D eigenvalue weighted by molar-refractivity contribution is -0.174. The lowest BCUT2D eigenvalue weighted by Gasteiger charge is -2.50. The van der Waals surface area contributed by atoms with Crippen LogP contribution in [0.3, 0.4) is 0 Å². The van der Waals surface area contributed by atoms with E-state index < -0.39 is 17.2 Å². The van der Waals surface area contributed by atoms with Gasteiger partial charge in [-0.1, -0.05) is 30.3 Å². The summed E-state index contributed by atoms with van der Waals surface area (Å²) < 4.78 is 20.5. The van der Waals surface area contributed by atoms with Gasteiger partial charge in [-0.3, -0.25) is 4.90 Å². The second-order valence-electron chi connectivity index (χ2n) is 5.86. The molecule has 2 heterocycles. The van der Waals surface area contributed by atoms with Crippen LogP contribution in [0.25, 0.3) is 0 Å². The van der Waals surface area contributed by atoms with Crippen LogP contribution in [0.4, 0.5) is 4.39 Å². The first kappa shape index (κ1) is 13.6. The van der Waals surface area contributed by atoms with Crippen LogP contribution in [0.15, 0.2) is 30.3 Å². The average Bonchev–Trinajstić information content (AvgIpc) is 2.73. The molecule has 0 spiro atoms. The predicted molar refractivity (Wildman–Crippen MR) is 74.0 cm³/mol. The van der Waals surface area contributed by atoms with E-state index in [9.17, 15) is 4.79 Å². The quantitative estimate of drug-likeness (QED) is 0.778. The summed E-state index contributed by atoms with van der Waals surface area (Å²) in [6, 6.07) is 9.90. The van der Waals surface area contributed by atoms with Crippen molar-refractivity contribution in [2.24, 2.45) is 0 Å². The fourth-order valence-corrected chi connectivity index (χ4v) is 4.17. The number of piperidine rings is 1. The molecule has 3 atom stereocenters. The number of halogens is 1. The van der Waals surface area contributed by atoms with Crippen LogP contribution in [0.5, 0.6) is 0 Å². The van der Waals surface area contributed by atoms with Gasteiger partial charge in [0.05, 0.1) is 12.6 Å². The van der Waals surface area contributed by atoms with Crippen LogP contribution >= 0.6 is 0 Å². The summed E-state index contributed by atoms with van der Waals surface area (Å²) in [5.74, 6) is -0.742. The minimum absolute atomic E-state index is 0.240. The Labute approximate surface area is 118 Å². The number of carbonyl (C=O) groups excluding carboxylic acids is 1. The van der Waals surface area contributed by atoms with Crippen molar-refractivity contribution >= 4 is 5.97 Å². The summed E-state index contributed by atoms with van der Waals surface area (Å²) in [7, 11) is 3.20. The van der Waals surface area contributed by atoms with Crippen LogP contribution in [-0.2, 0) is 15.1 Å². The highest BCUT2D eigenvalue weighted by molar-refractivity contribution is 5.82. The molecule has 3 rings (SSSR count). The van der Waals surface area contributed by atoms with Crippen molar-refractivity contribution < 1.29 is 13.9 Å². The van der Waals surface area contributed by atoms with Crippen molar-refractivity contribution in [2.45, 2.75) is 42.9 Å². The van der Waals surface area contributed by atoms with E-state index in [0.29, 0.717) is 18.9 Å². The van der Waals surface area contributed by atoms with Gasteiger partial charge in [-0.25, -0.2) is 9.18 Å². The summed E-state index contributed by atoms with van der Waals surface area (Å²) in [6.07, 6.45) is 2.53. The normalized spacial score (nSPS) is 36.9. The Hall–Kier alpha value is -1.42. The molecule has 0 amide bonds. The highest BCUT2D eigenvalue weighted by Gasteiger charge is 2.67. The molecule has 0 saturated carbocycles. The SMILES string of the molecule is COC(=O)C1(F)CC[C@@H]2CC[C@@]1(c1ccccc1)N2C. The Morgan fingerprint density at radius 2 is 1.95 bits per heavy atom. The van der Waals surface area contributed by atoms with Crippen molar-refractivity contribution in [3.05, 3.63) is 35.9 Å². The molecule has 1 aromatic carbocycles. The fourth-order valence-electron chi connectivity index (χ4n) is 4.17. The third kappa shape index (κ3) is 1.51. The van der Waals surface area contributed by atoms with E-state index in [1.807, 2.05) is 37.4 Å². The maximum Gasteiger partial charge on any atom is 0.345 e. The van der Waals surface area contributed by atoms with Gasteiger partial charge in [0.15, 0.2) is 0 Å². The molecule has 0 aliphatic carbocycles. The summed E-state index contributed by atoms with van der Waals surface area (Å²) >= 11 is 0. The summed E-state index contributed by atoms with van der Waals surface area (Å²) in [4.78, 5) is 14.2. The van der Waals surface area contributed by atoms with Gasteiger partial charge >= 0.3 is 5.97 Å². The molecular weight excluding hydrogens is 257 g/mol. The Balaban J connectivity index is 2.18. The Kier molecular flexibility index (Phi) is 3.09. The second-order valence-corrected chi connectivity index (χ2v) is 5.86. The molecular formula is C16H20FNO2. The van der Waals surface area contributed by atoms with Crippen LogP contribution in [0, 0.1) is 0 Å². The lowest BCUT2D eigenvalue weighted by Crippen LogP contribution is -2.63. The van der Waals surface area contributed by atoms with E-state index in [1.165, 1.54) is 7.11 Å². The number of carbonyl (C=O) groups is 1. The molecule has 20 heavy (non-hydrogen) atoms. The number of alkyl halides is 1. The molecule has 0 N–H and O–H groups in total. The Morgan fingerprint density at radius 3 is 2.60 bits per heavy atom. The minimum Gasteiger partial charge on any atom is -0.467 e. The lowest BCUT2D eigenvalue weighted by atomic mass is 9.70. The van der Waals surface area contributed by atoms with Gasteiger partial charge in [0, 0.05) is 6.04 Å². The molecule has 0 aromatic heterocycles. The maximum absolute atomic E-state index is 15.7. The van der Waals surface area contributed by atoms with Gasteiger partial charge in [-0.15, -0.1) is 0 Å². The van der Waals surface area contributed by atoms with Crippen LogP contribution in [-0.4, -0.2) is 36.7 Å². The van der Waals surface area contributed by atoms with Crippen LogP contribution < -0.4 is 0 Å². The van der Waals surface area contributed by atoms with E-state index >= 15 is 4.39 Å². The van der Waals surface area contributed by atoms with Gasteiger partial charge in [0.2, 0.25) is 5.67 Å². The zero-order valence-corrected chi connectivity index (χ0v) is 11.9. The first-order chi connectivity index (χ1) is 9.56. The summed E-state index contributed by atoms with van der Waals surface area (Å²) in [5.41, 5.74) is -1.98. The Bertz CT molecular complexity index is 520. The van der Waals surface area contributed by atoms with Gasteiger partial charge < -0.3 is 4.74 Å². The monoisotopic (exact) mass is 277 g/mol. The third-order valence-corrected chi connectivity index (χ3v) is 5.23. The smallest absolute Gasteiger partial charge is 0.345 e. The largest absolute Gasteiger partial charge is 0.467 e. The molecule has 108 valence electrons. The molecule has 2 saturated heterocycles. The number of esters is 1. The van der Waals surface area contributed by atoms with Crippen molar-refractivity contribution in [3.63, 3.8) is 0 Å². The van der Waals surface area contributed by atoms with Crippen molar-refractivity contribution in [1.29, 1.82) is 0 Å². The van der Waals surface area contributed by atoms with E-state index in [-0.39, 0.29) is 6.42 Å². The molecule has 4 heteroatoms. The Morgan fingerprint density at radius 1 is 1.30 bits per heavy atom. The van der Waals surface area contributed by atoms with E-state index in [1.54, 1.807) is 0 Å². The molecule has 2 aliphatic heterocycles. The third-order valence-electron chi connectivity index (χ3n) is 5.23. The second kappa shape index (κ2) is 4.55. The molecule has 2 bridgehead atoms. The highest BCUT2D eigenvalue weighted by atomic mass is 19.1. The average molecular weight is 277 g/mol. The van der Waals surface area contributed by atoms with Gasteiger partial charge in [-0.2, -0.15) is 0 Å². The van der Waals surface area contributed by atoms with Crippen LogP contribution in [0.2, 0.25) is 0 Å². The van der Waals surface area contributed by atoms with E-state index in [0.717, 1.165) is 12.0 Å². The standard InChI is InChI=1S/C16H20FNO2/c1-18-13-8-10-15(17,14(19)20-2)16(18,11-9-13)12-6-4-3-5-7-12/h3-7,13H,8-11H2,1-2H3/t13-,15?,16+/m1/s1. The number of ether oxygens (including phenoxy) is 1. The molecule has 0 radical (unpaired) electrons. The number of rotatable bonds is 2. The number of nitrogens with zero attached hydrogens (tertiary/aromatic N) is 1. The van der Waals surface area contributed by atoms with Gasteiger partial charge in [0.1, 0.15) is 0 Å². The number of methoxy groups -OCH3 is 1. The zero-order valence-electron chi connectivity index (χ0n) is 11.9. The summed E-state index contributed by atoms with van der Waals surface area (Å²) in [5, 5.41) is 0. The zero-order chi connectivity index (χ0) is 14.4. The van der Waals surface area contributed by atoms with Gasteiger partial charge in [0.25, 0.3) is 0 Å². The van der Waals surface area contributed by atoms with Crippen molar-refractivity contribution in [3.8, 4) is 0 Å². The minimum atomic E-state index is -1.97. The van der Waals surface area contributed by atoms with Crippen molar-refractivity contribution in [1.82, 2.24) is 4.90 Å². The molecule has 3 nitrogen and oxygen atoms in total. The number of fused-ring (bicyclic) bond motifs is 2. The number of hydrogen-bond donors (Lipinski definition) is 0.